The maximum atomic E-state index is 11.4. The van der Waals surface area contributed by atoms with E-state index in [1.165, 1.54) is 0 Å². The van der Waals surface area contributed by atoms with Gasteiger partial charge < -0.3 is 30.3 Å². The average Bonchev–Trinajstić information content (AvgIpc) is 2.67. The molecule has 3 N–H and O–H groups in total. The minimum atomic E-state index is -5.19. The van der Waals surface area contributed by atoms with Gasteiger partial charge in [0.05, 0.1) is 46.3 Å². The molecule has 33 heavy (non-hydrogen) atoms. The van der Waals surface area contributed by atoms with E-state index in [4.69, 9.17) is 79.5 Å². The van der Waals surface area contributed by atoms with Gasteiger partial charge in [-0.1, -0.05) is 69.6 Å². The molecule has 3 amide bonds. The Kier molecular flexibility index (Phi) is 17.7. The van der Waals surface area contributed by atoms with Crippen molar-refractivity contribution in [1.29, 1.82) is 0 Å². The predicted molar refractivity (Wildman–Crippen MR) is 117 cm³/mol. The van der Waals surface area contributed by atoms with Gasteiger partial charge in [0.15, 0.2) is 14.5 Å². The third-order valence-corrected chi connectivity index (χ3v) is 4.87. The number of alkyl halides is 9. The van der Waals surface area contributed by atoms with E-state index >= 15 is 0 Å². The van der Waals surface area contributed by atoms with Gasteiger partial charge in [-0.15, -0.1) is 0 Å². The number of carbonyl (C=O) groups excluding carboxylic acids is 4. The molecule has 0 spiro atoms. The summed E-state index contributed by atoms with van der Waals surface area (Å²) in [7, 11) is 1.89. The zero-order chi connectivity index (χ0) is 26.4. The van der Waals surface area contributed by atoms with Gasteiger partial charge in [0.2, 0.25) is 0 Å². The largest absolute Gasteiger partial charge is 0.542 e. The van der Waals surface area contributed by atoms with E-state index in [0.29, 0.717) is 43.8 Å². The number of nitrogens with one attached hydrogen (secondary N) is 3. The second kappa shape index (κ2) is 16.9. The molecule has 0 saturated heterocycles. The average molecular weight is 607 g/mol. The summed E-state index contributed by atoms with van der Waals surface area (Å²) in [5, 5.41) is 16.6. The number of aliphatic carboxylic acids is 1. The SMILES string of the molecule is C[N+](CCNC(=O)C(Cl)Cl)(CCNC(=O)C(Cl)Cl)CCNC(=O)C(Cl)Cl.O=C([O-])C(F)(F)F. The molecular formula is C15H21Cl6F3N4O5. The lowest BCUT2D eigenvalue weighted by molar-refractivity contribution is -0.906. The van der Waals surface area contributed by atoms with Crippen molar-refractivity contribution < 1.29 is 41.9 Å². The minimum Gasteiger partial charge on any atom is -0.542 e. The molecule has 0 aromatic carbocycles. The van der Waals surface area contributed by atoms with Crippen LogP contribution in [-0.2, 0) is 19.2 Å². The highest BCUT2D eigenvalue weighted by Crippen LogP contribution is 2.11. The molecule has 194 valence electrons. The lowest BCUT2D eigenvalue weighted by Gasteiger charge is -2.35. The van der Waals surface area contributed by atoms with Crippen LogP contribution in [0.3, 0.4) is 0 Å². The predicted octanol–water partition coefficient (Wildman–Crippen LogP) is 0.491. The van der Waals surface area contributed by atoms with Gasteiger partial charge in [-0.25, -0.2) is 0 Å². The number of nitrogens with zero attached hydrogens (tertiary/aromatic N) is 1. The quantitative estimate of drug-likeness (QED) is 0.220. The summed E-state index contributed by atoms with van der Waals surface area (Å²) >= 11 is 32.9. The number of hydrogen-bond acceptors (Lipinski definition) is 5. The normalized spacial score (nSPS) is 11.7. The van der Waals surface area contributed by atoms with Crippen molar-refractivity contribution in [3.8, 4) is 0 Å². The molecule has 0 fully saturated rings. The van der Waals surface area contributed by atoms with E-state index < -0.39 is 44.4 Å². The van der Waals surface area contributed by atoms with E-state index in [9.17, 15) is 27.6 Å². The standard InChI is InChI=1S/C13H20Cl6N4O3.C2HF3O2/c1-23(5-2-20-11(24)8(14)15,6-3-21-12(25)9(16)17)7-4-22-13(26)10(18)19;3-2(4,5)1(6)7/h8-10H,2-7H2,1H3,(H2-,20,21,22,24,25,26);(H,6,7). The van der Waals surface area contributed by atoms with Crippen molar-refractivity contribution >= 4 is 93.3 Å². The third kappa shape index (κ3) is 18.4. The van der Waals surface area contributed by atoms with E-state index in [-0.39, 0.29) is 0 Å². The number of quaternary nitrogens is 1. The number of carbonyl (C=O) groups is 4. The fourth-order valence-corrected chi connectivity index (χ4v) is 2.38. The van der Waals surface area contributed by atoms with E-state index in [1.54, 1.807) is 0 Å². The molecule has 0 bridgehead atoms. The molecule has 0 aliphatic carbocycles. The number of likely N-dealkylation sites (N-methyl/N-ethyl adjacent to an activating group) is 1. The summed E-state index contributed by atoms with van der Waals surface area (Å²) in [5.41, 5.74) is 0. The fraction of sp³-hybridized carbons (Fsp3) is 0.733. The van der Waals surface area contributed by atoms with Crippen molar-refractivity contribution in [2.24, 2.45) is 0 Å². The molecule has 0 aromatic heterocycles. The Morgan fingerprint density at radius 3 is 1.09 bits per heavy atom. The number of carboxylic acids is 1. The summed E-state index contributed by atoms with van der Waals surface area (Å²) in [5.74, 6) is -4.50. The van der Waals surface area contributed by atoms with Crippen LogP contribution in [0.4, 0.5) is 13.2 Å². The van der Waals surface area contributed by atoms with E-state index in [2.05, 4.69) is 16.0 Å². The maximum absolute atomic E-state index is 11.4. The summed E-state index contributed by atoms with van der Waals surface area (Å²) in [6.07, 6.45) is -5.19. The second-order valence-electron chi connectivity index (χ2n) is 6.35. The molecule has 0 aromatic rings. The van der Waals surface area contributed by atoms with Crippen LogP contribution in [-0.4, -0.2) is 95.2 Å². The van der Waals surface area contributed by atoms with Crippen molar-refractivity contribution in [3.63, 3.8) is 0 Å². The van der Waals surface area contributed by atoms with Crippen LogP contribution in [0.5, 0.6) is 0 Å². The molecule has 0 aliphatic heterocycles. The monoisotopic (exact) mass is 604 g/mol. The molecule has 9 nitrogen and oxygen atoms in total. The Labute approximate surface area is 217 Å². The molecule has 0 radical (unpaired) electrons. The highest BCUT2D eigenvalue weighted by Gasteiger charge is 2.29. The lowest BCUT2D eigenvalue weighted by atomic mass is 10.3. The first kappa shape index (κ1) is 34.5. The molecule has 0 atom stereocenters. The van der Waals surface area contributed by atoms with Gasteiger partial charge in [0.1, 0.15) is 5.97 Å². The third-order valence-electron chi connectivity index (χ3n) is 3.68. The van der Waals surface area contributed by atoms with Crippen molar-refractivity contribution in [2.45, 2.75) is 20.7 Å². The van der Waals surface area contributed by atoms with Crippen LogP contribution in [0.1, 0.15) is 0 Å². The number of hydrogen-bond donors (Lipinski definition) is 3. The van der Waals surface area contributed by atoms with Crippen molar-refractivity contribution in [2.75, 3.05) is 46.3 Å². The first-order valence-corrected chi connectivity index (χ1v) is 11.3. The minimum absolute atomic E-state index is 0.300. The lowest BCUT2D eigenvalue weighted by Crippen LogP contribution is -2.55. The van der Waals surface area contributed by atoms with Crippen LogP contribution < -0.4 is 21.1 Å². The summed E-state index contributed by atoms with van der Waals surface area (Å²) in [6.45, 7) is 2.38. The van der Waals surface area contributed by atoms with Crippen LogP contribution in [0.15, 0.2) is 0 Å². The smallest absolute Gasteiger partial charge is 0.430 e. The summed E-state index contributed by atoms with van der Waals surface area (Å²) in [4.78, 5) is 39.6. The van der Waals surface area contributed by atoms with Gasteiger partial charge in [-0.05, 0) is 0 Å². The highest BCUT2D eigenvalue weighted by atomic mass is 35.5. The van der Waals surface area contributed by atoms with Crippen molar-refractivity contribution in [1.82, 2.24) is 16.0 Å². The highest BCUT2D eigenvalue weighted by molar-refractivity contribution is 6.54. The molecule has 0 aliphatic rings. The first-order chi connectivity index (χ1) is 14.9. The van der Waals surface area contributed by atoms with Crippen LogP contribution >= 0.6 is 69.6 Å². The Hall–Kier alpha value is -0.630. The Morgan fingerprint density at radius 2 is 0.939 bits per heavy atom. The molecule has 0 rings (SSSR count). The zero-order valence-electron chi connectivity index (χ0n) is 16.9. The van der Waals surface area contributed by atoms with Gasteiger partial charge in [0, 0.05) is 0 Å². The van der Waals surface area contributed by atoms with Gasteiger partial charge >= 0.3 is 6.18 Å². The topological polar surface area (TPSA) is 127 Å². The number of carboxylic acid groups (broad SMARTS) is 1. The zero-order valence-corrected chi connectivity index (χ0v) is 21.4. The fourth-order valence-electron chi connectivity index (χ4n) is 1.91. The van der Waals surface area contributed by atoms with Crippen LogP contribution in [0.25, 0.3) is 0 Å². The van der Waals surface area contributed by atoms with Gasteiger partial charge in [-0.3, -0.25) is 14.4 Å². The summed E-state index contributed by atoms with van der Waals surface area (Å²) < 4.78 is 32.0. The van der Waals surface area contributed by atoms with Crippen LogP contribution in [0, 0.1) is 0 Å². The first-order valence-electron chi connectivity index (χ1n) is 8.72. The molecule has 18 heteroatoms. The molecule has 0 unspecified atom stereocenters. The van der Waals surface area contributed by atoms with Crippen LogP contribution in [0.2, 0.25) is 0 Å². The summed E-state index contributed by atoms with van der Waals surface area (Å²) in [6, 6.07) is 0. The molecule has 0 heterocycles. The Balaban J connectivity index is 0. The van der Waals surface area contributed by atoms with Crippen molar-refractivity contribution in [3.05, 3.63) is 0 Å². The van der Waals surface area contributed by atoms with E-state index in [0.717, 1.165) is 0 Å². The Bertz CT molecular complexity index is 591. The van der Waals surface area contributed by atoms with Gasteiger partial charge in [0.25, 0.3) is 17.7 Å². The second-order valence-corrected chi connectivity index (χ2v) is 9.64. The number of amides is 3. The number of rotatable bonds is 12. The Morgan fingerprint density at radius 1 is 0.727 bits per heavy atom. The maximum Gasteiger partial charge on any atom is 0.430 e. The molecular weight excluding hydrogens is 586 g/mol. The van der Waals surface area contributed by atoms with Gasteiger partial charge in [-0.2, -0.15) is 13.2 Å². The number of halogens is 9. The molecule has 0 saturated carbocycles. The van der Waals surface area contributed by atoms with E-state index in [1.807, 2.05) is 7.05 Å².